The molecule has 0 heterocycles. The van der Waals surface area contributed by atoms with E-state index in [-0.39, 0.29) is 0 Å². The molecule has 0 rings (SSSR count). The lowest BCUT2D eigenvalue weighted by molar-refractivity contribution is -0.122. The Morgan fingerprint density at radius 3 is 2.38 bits per heavy atom. The summed E-state index contributed by atoms with van der Waals surface area (Å²) in [4.78, 5) is 20.1. The molecule has 7 heteroatoms. The molecule has 6 nitrogen and oxygen atoms in total. The first-order chi connectivity index (χ1) is 5.81. The van der Waals surface area contributed by atoms with Crippen molar-refractivity contribution in [3.05, 3.63) is 0 Å². The van der Waals surface area contributed by atoms with E-state index in [1.807, 2.05) is 0 Å². The highest BCUT2D eigenvalue weighted by atomic mass is 31.2. The van der Waals surface area contributed by atoms with Gasteiger partial charge in [0.05, 0.1) is 6.04 Å². The summed E-state index contributed by atoms with van der Waals surface area (Å²) in [6.07, 6.45) is 0. The number of amides is 1. The van der Waals surface area contributed by atoms with E-state index in [1.54, 1.807) is 0 Å². The van der Waals surface area contributed by atoms with Crippen molar-refractivity contribution in [1.29, 1.82) is 0 Å². The molecule has 0 aliphatic heterocycles. The summed E-state index contributed by atoms with van der Waals surface area (Å²) in [5.41, 5.74) is 5.24. The molecule has 3 atom stereocenters. The maximum absolute atomic E-state index is 11.1. The number of carbonyl (C=O) groups excluding carboxylic acids is 1. The highest BCUT2D eigenvalue weighted by Crippen LogP contribution is 2.44. The summed E-state index contributed by atoms with van der Waals surface area (Å²) in [6.45, 7) is 2.86. The van der Waals surface area contributed by atoms with Gasteiger partial charge in [0.2, 0.25) is 5.91 Å². The zero-order valence-corrected chi connectivity index (χ0v) is 8.75. The van der Waals surface area contributed by atoms with Gasteiger partial charge in [-0.1, -0.05) is 0 Å². The van der Waals surface area contributed by atoms with Gasteiger partial charge in [-0.05, 0) is 13.8 Å². The number of carbonyl (C=O) groups is 1. The molecule has 0 spiro atoms. The van der Waals surface area contributed by atoms with Crippen LogP contribution in [0.4, 0.5) is 0 Å². The smallest absolute Gasteiger partial charge is 0.341 e. The zero-order valence-electron chi connectivity index (χ0n) is 7.85. The van der Waals surface area contributed by atoms with E-state index in [9.17, 15) is 9.36 Å². The van der Waals surface area contributed by atoms with Crippen LogP contribution in [0.25, 0.3) is 0 Å². The van der Waals surface area contributed by atoms with Crippen molar-refractivity contribution in [2.24, 2.45) is 5.73 Å². The van der Waals surface area contributed by atoms with Gasteiger partial charge in [-0.25, -0.2) is 0 Å². The fourth-order valence-corrected chi connectivity index (χ4v) is 1.18. The molecule has 0 aliphatic carbocycles. The van der Waals surface area contributed by atoms with E-state index in [0.717, 1.165) is 7.11 Å². The summed E-state index contributed by atoms with van der Waals surface area (Å²) >= 11 is 0. The highest BCUT2D eigenvalue weighted by molar-refractivity contribution is 7.53. The van der Waals surface area contributed by atoms with E-state index < -0.39 is 25.3 Å². The van der Waals surface area contributed by atoms with Crippen molar-refractivity contribution in [2.75, 3.05) is 7.11 Å². The zero-order chi connectivity index (χ0) is 10.6. The summed E-state index contributed by atoms with van der Waals surface area (Å²) in [7, 11) is -2.64. The first-order valence-corrected chi connectivity index (χ1v) is 5.40. The number of hydrogen-bond acceptors (Lipinski definition) is 4. The normalized spacial score (nSPS) is 20.1. The van der Waals surface area contributed by atoms with Crippen molar-refractivity contribution >= 4 is 13.5 Å². The first kappa shape index (κ1) is 12.6. The highest BCUT2D eigenvalue weighted by Gasteiger charge is 2.28. The number of rotatable bonds is 4. The van der Waals surface area contributed by atoms with Gasteiger partial charge in [0.15, 0.2) is 0 Å². The minimum Gasteiger partial charge on any atom is -0.341 e. The third kappa shape index (κ3) is 3.87. The number of hydrogen-bond donors (Lipinski definition) is 3. The van der Waals surface area contributed by atoms with Crippen LogP contribution in [0.2, 0.25) is 0 Å². The monoisotopic (exact) mass is 210 g/mol. The van der Waals surface area contributed by atoms with Crippen LogP contribution in [-0.2, 0) is 13.9 Å². The van der Waals surface area contributed by atoms with E-state index in [0.29, 0.717) is 0 Å². The molecule has 0 saturated heterocycles. The molecule has 0 bridgehead atoms. The molecule has 0 aromatic rings. The van der Waals surface area contributed by atoms with Crippen molar-refractivity contribution < 1.29 is 18.8 Å². The van der Waals surface area contributed by atoms with Crippen LogP contribution >= 0.6 is 7.60 Å². The van der Waals surface area contributed by atoms with Gasteiger partial charge >= 0.3 is 7.60 Å². The van der Waals surface area contributed by atoms with Crippen LogP contribution in [-0.4, -0.2) is 29.7 Å². The fraction of sp³-hybridized carbons (Fsp3) is 0.833. The van der Waals surface area contributed by atoms with E-state index in [4.69, 9.17) is 10.6 Å². The van der Waals surface area contributed by atoms with Crippen LogP contribution in [0.5, 0.6) is 0 Å². The van der Waals surface area contributed by atoms with Crippen molar-refractivity contribution in [3.63, 3.8) is 0 Å². The largest absolute Gasteiger partial charge is 0.349 e. The van der Waals surface area contributed by atoms with Crippen LogP contribution < -0.4 is 11.1 Å². The minimum absolute atomic E-state index is 0.487. The van der Waals surface area contributed by atoms with Crippen molar-refractivity contribution in [1.82, 2.24) is 5.32 Å². The predicted octanol–water partition coefficient (Wildman–Crippen LogP) is -0.372. The van der Waals surface area contributed by atoms with Crippen LogP contribution in [0.1, 0.15) is 13.8 Å². The maximum Gasteiger partial charge on any atom is 0.349 e. The third-order valence-corrected chi connectivity index (χ3v) is 3.15. The lowest BCUT2D eigenvalue weighted by Crippen LogP contribution is -2.42. The Kier molecular flexibility index (Phi) is 4.56. The minimum atomic E-state index is -3.75. The second kappa shape index (κ2) is 4.72. The topological polar surface area (TPSA) is 102 Å². The second-order valence-electron chi connectivity index (χ2n) is 2.72. The van der Waals surface area contributed by atoms with Crippen LogP contribution in [0, 0.1) is 0 Å². The average Bonchev–Trinajstić information content (AvgIpc) is 2.04. The number of nitrogens with two attached hydrogens (primary N) is 1. The molecule has 0 aromatic carbocycles. The lowest BCUT2D eigenvalue weighted by atomic mass is 10.3. The van der Waals surface area contributed by atoms with Gasteiger partial charge in [0, 0.05) is 7.11 Å². The molecule has 0 aromatic heterocycles. The molecule has 0 radical (unpaired) electrons. The standard InChI is InChI=1S/C6H15N2O4P/c1-4(7)6(9)8-5(2)13(10,11)12-3/h4-5H,7H2,1-3H3,(H,8,9)(H,10,11)/t4-,5+/m0/s1. The Labute approximate surface area is 77.0 Å². The average molecular weight is 210 g/mol. The maximum atomic E-state index is 11.1. The third-order valence-electron chi connectivity index (χ3n) is 1.52. The molecule has 0 aliphatic rings. The summed E-state index contributed by atoms with van der Waals surface area (Å²) in [5, 5.41) is 2.27. The van der Waals surface area contributed by atoms with Gasteiger partial charge < -0.3 is 20.5 Å². The molecule has 78 valence electrons. The molecule has 0 fully saturated rings. The van der Waals surface area contributed by atoms with Gasteiger partial charge in [-0.15, -0.1) is 0 Å². The summed E-state index contributed by atoms with van der Waals surface area (Å²) in [5.74, 6) is -1.44. The van der Waals surface area contributed by atoms with E-state index in [1.165, 1.54) is 13.8 Å². The summed E-state index contributed by atoms with van der Waals surface area (Å²) < 4.78 is 15.5. The van der Waals surface area contributed by atoms with Gasteiger partial charge in [0.1, 0.15) is 5.78 Å². The van der Waals surface area contributed by atoms with E-state index >= 15 is 0 Å². The van der Waals surface area contributed by atoms with Crippen molar-refractivity contribution in [2.45, 2.75) is 25.7 Å². The van der Waals surface area contributed by atoms with Gasteiger partial charge in [-0.3, -0.25) is 9.36 Å². The first-order valence-electron chi connectivity index (χ1n) is 3.75. The molecule has 1 unspecified atom stereocenters. The molecular formula is C6H15N2O4P. The van der Waals surface area contributed by atoms with Gasteiger partial charge in [-0.2, -0.15) is 0 Å². The number of nitrogens with one attached hydrogen (secondary N) is 1. The molecule has 13 heavy (non-hydrogen) atoms. The molecule has 1 amide bonds. The Bertz CT molecular complexity index is 231. The SMILES string of the molecule is COP(=O)(O)[C@H](C)NC(=O)[C@H](C)N. The second-order valence-corrected chi connectivity index (χ2v) is 4.99. The van der Waals surface area contributed by atoms with Crippen LogP contribution in [0.3, 0.4) is 0 Å². The fourth-order valence-electron chi connectivity index (χ4n) is 0.577. The van der Waals surface area contributed by atoms with Crippen LogP contribution in [0.15, 0.2) is 0 Å². The Morgan fingerprint density at radius 1 is 1.62 bits per heavy atom. The molecule has 0 saturated carbocycles. The molecular weight excluding hydrogens is 195 g/mol. The summed E-state index contributed by atoms with van der Waals surface area (Å²) in [6, 6.07) is -0.709. The van der Waals surface area contributed by atoms with Crippen molar-refractivity contribution in [3.8, 4) is 0 Å². The van der Waals surface area contributed by atoms with E-state index in [2.05, 4.69) is 9.84 Å². The predicted molar refractivity (Wildman–Crippen MR) is 48.1 cm³/mol. The Morgan fingerprint density at radius 2 is 2.08 bits per heavy atom. The quantitative estimate of drug-likeness (QED) is 0.549. The molecule has 4 N–H and O–H groups in total. The Balaban J connectivity index is 4.24. The van der Waals surface area contributed by atoms with Gasteiger partial charge in [0.25, 0.3) is 0 Å². The lowest BCUT2D eigenvalue weighted by Gasteiger charge is -2.19. The Hall–Kier alpha value is -0.420.